The molecule has 2 N–H and O–H groups in total. The Hall–Kier alpha value is -3.68. The van der Waals surface area contributed by atoms with Crippen molar-refractivity contribution < 1.29 is 0 Å². The van der Waals surface area contributed by atoms with Gasteiger partial charge in [0.05, 0.1) is 52.4 Å². The number of aryl methyl sites for hydroxylation is 1. The van der Waals surface area contributed by atoms with Gasteiger partial charge in [0.15, 0.2) is 0 Å². The first-order chi connectivity index (χ1) is 15.2. The van der Waals surface area contributed by atoms with E-state index >= 15 is 0 Å². The van der Waals surface area contributed by atoms with Crippen molar-refractivity contribution in [3.05, 3.63) is 42.6 Å². The van der Waals surface area contributed by atoms with Gasteiger partial charge in [-0.25, -0.2) is 9.97 Å². The van der Waals surface area contributed by atoms with E-state index in [4.69, 9.17) is 4.98 Å². The largest absolute Gasteiger partial charge is 0.370 e. The van der Waals surface area contributed by atoms with E-state index < -0.39 is 0 Å². The minimum absolute atomic E-state index is 0.816. The fourth-order valence-electron chi connectivity index (χ4n) is 4.52. The number of piperidine rings is 1. The van der Waals surface area contributed by atoms with E-state index in [0.717, 1.165) is 58.2 Å². The van der Waals surface area contributed by atoms with E-state index in [-0.39, 0.29) is 0 Å². The van der Waals surface area contributed by atoms with Crippen LogP contribution in [0.4, 0.5) is 5.69 Å². The lowest BCUT2D eigenvalue weighted by Gasteiger charge is -2.28. The third-order valence-electron chi connectivity index (χ3n) is 6.37. The first kappa shape index (κ1) is 18.1. The molecule has 0 spiro atoms. The maximum absolute atomic E-state index is 4.94. The van der Waals surface area contributed by atoms with Crippen LogP contribution in [0.3, 0.4) is 0 Å². The zero-order valence-electron chi connectivity index (χ0n) is 17.7. The van der Waals surface area contributed by atoms with Crippen LogP contribution < -0.4 is 4.90 Å². The number of imidazole rings is 1. The summed E-state index contributed by atoms with van der Waals surface area (Å²) in [7, 11) is 2.01. The Labute approximate surface area is 179 Å². The molecule has 0 aliphatic carbocycles. The normalized spacial score (nSPS) is 14.7. The molecule has 8 nitrogen and oxygen atoms in total. The molecule has 1 aliphatic rings. The van der Waals surface area contributed by atoms with Crippen molar-refractivity contribution in [2.75, 3.05) is 18.0 Å². The highest BCUT2D eigenvalue weighted by atomic mass is 15.2. The highest BCUT2D eigenvalue weighted by Gasteiger charge is 2.19. The number of aromatic amines is 2. The van der Waals surface area contributed by atoms with Crippen molar-refractivity contribution in [1.29, 1.82) is 0 Å². The molecule has 0 amide bonds. The van der Waals surface area contributed by atoms with E-state index in [0.29, 0.717) is 0 Å². The van der Waals surface area contributed by atoms with Crippen LogP contribution >= 0.6 is 0 Å². The van der Waals surface area contributed by atoms with Crippen molar-refractivity contribution in [3.63, 3.8) is 0 Å². The molecule has 156 valence electrons. The number of nitrogens with one attached hydrogen (secondary N) is 2. The first-order valence-electron chi connectivity index (χ1n) is 10.7. The smallest absolute Gasteiger partial charge is 0.135 e. The second kappa shape index (κ2) is 6.94. The predicted octanol–water partition coefficient (Wildman–Crippen LogP) is 4.20. The van der Waals surface area contributed by atoms with Gasteiger partial charge in [-0.1, -0.05) is 0 Å². The number of nitrogens with zero attached hydrogens (tertiary/aromatic N) is 6. The van der Waals surface area contributed by atoms with Gasteiger partial charge in [-0.2, -0.15) is 5.10 Å². The zero-order chi connectivity index (χ0) is 20.9. The SMILES string of the molecule is Cc1ncc(-c2ccc3[nH]nc(-c4cc5c(N6CCCCC6)cncc5[nH]4)c3n2)n1C. The summed E-state index contributed by atoms with van der Waals surface area (Å²) in [6, 6.07) is 6.21. The fourth-order valence-corrected chi connectivity index (χ4v) is 4.52. The minimum Gasteiger partial charge on any atom is -0.370 e. The number of hydrogen-bond donors (Lipinski definition) is 2. The molecular weight excluding hydrogens is 388 g/mol. The Morgan fingerprint density at radius 2 is 1.87 bits per heavy atom. The lowest BCUT2D eigenvalue weighted by Crippen LogP contribution is -2.29. The summed E-state index contributed by atoms with van der Waals surface area (Å²) in [5.41, 5.74) is 7.59. The van der Waals surface area contributed by atoms with Gasteiger partial charge in [0, 0.05) is 25.5 Å². The van der Waals surface area contributed by atoms with Crippen molar-refractivity contribution >= 4 is 27.6 Å². The van der Waals surface area contributed by atoms with E-state index in [2.05, 4.69) is 36.1 Å². The lowest BCUT2D eigenvalue weighted by molar-refractivity contribution is 0.578. The molecule has 5 aromatic rings. The molecule has 6 rings (SSSR count). The minimum atomic E-state index is 0.816. The Morgan fingerprint density at radius 3 is 2.68 bits per heavy atom. The topological polar surface area (TPSA) is 91.3 Å². The van der Waals surface area contributed by atoms with Crippen LogP contribution in [0, 0.1) is 6.92 Å². The van der Waals surface area contributed by atoms with Crippen LogP contribution in [0.2, 0.25) is 0 Å². The quantitative estimate of drug-likeness (QED) is 0.463. The molecular formula is C23H24N8. The highest BCUT2D eigenvalue weighted by Crippen LogP contribution is 2.34. The number of rotatable bonds is 3. The number of anilines is 1. The molecule has 6 heterocycles. The molecule has 8 heteroatoms. The van der Waals surface area contributed by atoms with Gasteiger partial charge >= 0.3 is 0 Å². The van der Waals surface area contributed by atoms with Crippen LogP contribution in [0.5, 0.6) is 0 Å². The first-order valence-corrected chi connectivity index (χ1v) is 10.7. The third-order valence-corrected chi connectivity index (χ3v) is 6.37. The van der Waals surface area contributed by atoms with Gasteiger partial charge < -0.3 is 14.5 Å². The average Bonchev–Trinajstić information content (AvgIpc) is 3.50. The van der Waals surface area contributed by atoms with Crippen molar-refractivity contribution in [3.8, 4) is 22.8 Å². The van der Waals surface area contributed by atoms with Gasteiger partial charge in [0.1, 0.15) is 17.0 Å². The molecule has 0 atom stereocenters. The van der Waals surface area contributed by atoms with Crippen LogP contribution in [0.1, 0.15) is 25.1 Å². The summed E-state index contributed by atoms with van der Waals surface area (Å²) in [6.07, 6.45) is 9.51. The molecule has 31 heavy (non-hydrogen) atoms. The summed E-state index contributed by atoms with van der Waals surface area (Å²) in [4.78, 5) is 19.8. The molecule has 0 aromatic carbocycles. The lowest BCUT2D eigenvalue weighted by atomic mass is 10.1. The second-order valence-corrected chi connectivity index (χ2v) is 8.27. The molecule has 0 bridgehead atoms. The van der Waals surface area contributed by atoms with Crippen molar-refractivity contribution in [2.45, 2.75) is 26.2 Å². The molecule has 5 aromatic heterocycles. The van der Waals surface area contributed by atoms with Crippen LogP contribution in [0.15, 0.2) is 36.8 Å². The van der Waals surface area contributed by atoms with E-state index in [1.165, 1.54) is 30.3 Å². The Morgan fingerprint density at radius 1 is 1.00 bits per heavy atom. The van der Waals surface area contributed by atoms with Crippen molar-refractivity contribution in [2.24, 2.45) is 7.05 Å². The average molecular weight is 413 g/mol. The summed E-state index contributed by atoms with van der Waals surface area (Å²) >= 11 is 0. The van der Waals surface area contributed by atoms with E-state index in [9.17, 15) is 0 Å². The van der Waals surface area contributed by atoms with Gasteiger partial charge in [-0.15, -0.1) is 0 Å². The summed E-state index contributed by atoms with van der Waals surface area (Å²) in [5, 5.41) is 8.90. The zero-order valence-corrected chi connectivity index (χ0v) is 17.7. The number of hydrogen-bond acceptors (Lipinski definition) is 5. The summed E-state index contributed by atoms with van der Waals surface area (Å²) < 4.78 is 2.05. The molecule has 1 fully saturated rings. The van der Waals surface area contributed by atoms with Crippen LogP contribution in [0.25, 0.3) is 44.7 Å². The summed E-state index contributed by atoms with van der Waals surface area (Å²) in [5.74, 6) is 0.956. The second-order valence-electron chi connectivity index (χ2n) is 8.27. The van der Waals surface area contributed by atoms with Crippen molar-refractivity contribution in [1.82, 2.24) is 34.7 Å². The van der Waals surface area contributed by atoms with Gasteiger partial charge in [-0.05, 0) is 44.4 Å². The Bertz CT molecular complexity index is 1400. The summed E-state index contributed by atoms with van der Waals surface area (Å²) in [6.45, 7) is 4.16. The van der Waals surface area contributed by atoms with Gasteiger partial charge in [-0.3, -0.25) is 10.1 Å². The predicted molar refractivity (Wildman–Crippen MR) is 122 cm³/mol. The number of fused-ring (bicyclic) bond motifs is 2. The Kier molecular flexibility index (Phi) is 4.05. The molecule has 1 saturated heterocycles. The molecule has 0 unspecified atom stereocenters. The van der Waals surface area contributed by atoms with Gasteiger partial charge in [0.2, 0.25) is 0 Å². The highest BCUT2D eigenvalue weighted by molar-refractivity contribution is 5.98. The maximum atomic E-state index is 4.94. The van der Waals surface area contributed by atoms with E-state index in [1.807, 2.05) is 49.3 Å². The molecule has 0 radical (unpaired) electrons. The molecule has 1 aliphatic heterocycles. The van der Waals surface area contributed by atoms with Crippen LogP contribution in [-0.4, -0.2) is 47.8 Å². The number of H-pyrrole nitrogens is 2. The third kappa shape index (κ3) is 2.90. The number of aromatic nitrogens is 7. The Balaban J connectivity index is 1.47. The van der Waals surface area contributed by atoms with Crippen LogP contribution in [-0.2, 0) is 7.05 Å². The monoisotopic (exact) mass is 412 g/mol. The fraction of sp³-hybridized carbons (Fsp3) is 0.304. The van der Waals surface area contributed by atoms with Gasteiger partial charge in [0.25, 0.3) is 0 Å². The maximum Gasteiger partial charge on any atom is 0.135 e. The number of pyridine rings is 2. The standard InChI is InChI=1S/C23H24N8/c1-14-25-13-21(30(14)2)16-6-7-17-22(27-16)23(29-28-17)18-10-15-19(26-18)11-24-12-20(15)31-8-4-3-5-9-31/h6-7,10-13,26H,3-5,8-9H2,1-2H3,(H,28,29). The van der Waals surface area contributed by atoms with E-state index in [1.54, 1.807) is 0 Å². The molecule has 0 saturated carbocycles.